The summed E-state index contributed by atoms with van der Waals surface area (Å²) in [4.78, 5) is 16.7. The van der Waals surface area contributed by atoms with Crippen LogP contribution in [0.1, 0.15) is 58.2 Å². The maximum absolute atomic E-state index is 12.5. The molecule has 1 saturated heterocycles. The molecule has 2 heterocycles. The SMILES string of the molecule is CC1(C)CCC(=CC(=O)NC2(c3ncon3)CCOCC2)CC1. The highest BCUT2D eigenvalue weighted by molar-refractivity contribution is 5.88. The molecule has 1 aromatic rings. The number of ether oxygens (including phenoxy) is 1. The Balaban J connectivity index is 1.70. The predicted molar refractivity (Wildman–Crippen MR) is 84.5 cm³/mol. The normalized spacial score (nSPS) is 23.3. The van der Waals surface area contributed by atoms with Crippen molar-refractivity contribution in [2.75, 3.05) is 13.2 Å². The van der Waals surface area contributed by atoms with Gasteiger partial charge in [-0.25, -0.2) is 0 Å². The van der Waals surface area contributed by atoms with Gasteiger partial charge in [-0.15, -0.1) is 0 Å². The lowest BCUT2D eigenvalue weighted by Gasteiger charge is -2.35. The molecule has 2 fully saturated rings. The summed E-state index contributed by atoms with van der Waals surface area (Å²) in [5, 5.41) is 7.08. The Labute approximate surface area is 136 Å². The molecule has 0 aromatic carbocycles. The molecule has 3 rings (SSSR count). The Bertz CT molecular complexity index is 560. The minimum atomic E-state index is -0.576. The van der Waals surface area contributed by atoms with Crippen LogP contribution in [0.5, 0.6) is 0 Å². The van der Waals surface area contributed by atoms with Crippen LogP contribution in [-0.4, -0.2) is 29.3 Å². The average molecular weight is 319 g/mol. The van der Waals surface area contributed by atoms with Crippen LogP contribution in [0.2, 0.25) is 0 Å². The third-order valence-electron chi connectivity index (χ3n) is 5.08. The summed E-state index contributed by atoms with van der Waals surface area (Å²) in [6.45, 7) is 5.74. The van der Waals surface area contributed by atoms with Crippen molar-refractivity contribution in [3.8, 4) is 0 Å². The first-order chi connectivity index (χ1) is 11.0. The second kappa shape index (κ2) is 6.43. The Morgan fingerprint density at radius 3 is 2.52 bits per heavy atom. The molecule has 1 amide bonds. The van der Waals surface area contributed by atoms with Crippen molar-refractivity contribution in [2.24, 2.45) is 5.41 Å². The highest BCUT2D eigenvalue weighted by Gasteiger charge is 2.39. The number of nitrogens with one attached hydrogen (secondary N) is 1. The topological polar surface area (TPSA) is 77.3 Å². The summed E-state index contributed by atoms with van der Waals surface area (Å²) in [7, 11) is 0. The van der Waals surface area contributed by atoms with E-state index >= 15 is 0 Å². The summed E-state index contributed by atoms with van der Waals surface area (Å²) in [5.41, 5.74) is 1.05. The van der Waals surface area contributed by atoms with Crippen LogP contribution in [-0.2, 0) is 15.1 Å². The Morgan fingerprint density at radius 2 is 1.91 bits per heavy atom. The van der Waals surface area contributed by atoms with Crippen LogP contribution in [0.25, 0.3) is 0 Å². The number of hydrogen-bond acceptors (Lipinski definition) is 5. The van der Waals surface area contributed by atoms with Gasteiger partial charge < -0.3 is 14.6 Å². The summed E-state index contributed by atoms with van der Waals surface area (Å²) in [6.07, 6.45) is 8.67. The van der Waals surface area contributed by atoms with Crippen LogP contribution in [0.4, 0.5) is 0 Å². The van der Waals surface area contributed by atoms with Crippen molar-refractivity contribution in [3.63, 3.8) is 0 Å². The number of allylic oxidation sites excluding steroid dienone is 1. The fraction of sp³-hybridized carbons (Fsp3) is 0.706. The summed E-state index contributed by atoms with van der Waals surface area (Å²) >= 11 is 0. The fourth-order valence-electron chi connectivity index (χ4n) is 3.36. The lowest BCUT2D eigenvalue weighted by molar-refractivity contribution is -0.120. The molecule has 6 nitrogen and oxygen atoms in total. The number of carbonyl (C=O) groups excluding carboxylic acids is 1. The van der Waals surface area contributed by atoms with Crippen LogP contribution in [0, 0.1) is 5.41 Å². The Morgan fingerprint density at radius 1 is 1.22 bits per heavy atom. The van der Waals surface area contributed by atoms with Gasteiger partial charge in [0.1, 0.15) is 5.54 Å². The summed E-state index contributed by atoms with van der Waals surface area (Å²) in [6, 6.07) is 0. The summed E-state index contributed by atoms with van der Waals surface area (Å²) in [5.74, 6) is 0.476. The van der Waals surface area contributed by atoms with Gasteiger partial charge in [0.2, 0.25) is 12.3 Å². The van der Waals surface area contributed by atoms with Crippen molar-refractivity contribution in [3.05, 3.63) is 23.9 Å². The molecule has 1 aromatic heterocycles. The molecule has 0 spiro atoms. The van der Waals surface area contributed by atoms with Crippen molar-refractivity contribution < 1.29 is 14.1 Å². The van der Waals surface area contributed by atoms with Crippen LogP contribution < -0.4 is 5.32 Å². The quantitative estimate of drug-likeness (QED) is 0.867. The standard InChI is InChI=1S/C17H25N3O3/c1-16(2)5-3-13(4-6-16)11-14(21)19-17(7-9-22-10-8-17)15-18-12-23-20-15/h11-12H,3-10H2,1-2H3,(H,19,21). The van der Waals surface area contributed by atoms with Gasteiger partial charge in [-0.1, -0.05) is 24.6 Å². The molecule has 1 aliphatic carbocycles. The van der Waals surface area contributed by atoms with Gasteiger partial charge in [0, 0.05) is 32.1 Å². The van der Waals surface area contributed by atoms with E-state index in [0.29, 0.717) is 37.3 Å². The molecule has 0 unspecified atom stereocenters. The Kier molecular flexibility index (Phi) is 4.53. The van der Waals surface area contributed by atoms with Gasteiger partial charge >= 0.3 is 0 Å². The molecule has 23 heavy (non-hydrogen) atoms. The number of aromatic nitrogens is 2. The highest BCUT2D eigenvalue weighted by Crippen LogP contribution is 2.37. The molecule has 1 saturated carbocycles. The van der Waals surface area contributed by atoms with E-state index < -0.39 is 5.54 Å². The predicted octanol–water partition coefficient (Wildman–Crippen LogP) is 2.72. The van der Waals surface area contributed by atoms with E-state index in [2.05, 4.69) is 29.3 Å². The Hall–Kier alpha value is -1.69. The smallest absolute Gasteiger partial charge is 0.244 e. The lowest BCUT2D eigenvalue weighted by atomic mass is 9.75. The zero-order valence-electron chi connectivity index (χ0n) is 13.9. The largest absolute Gasteiger partial charge is 0.381 e. The van der Waals surface area contributed by atoms with E-state index in [1.165, 1.54) is 12.0 Å². The molecule has 6 heteroatoms. The number of hydrogen-bond donors (Lipinski definition) is 1. The fourth-order valence-corrected chi connectivity index (χ4v) is 3.36. The van der Waals surface area contributed by atoms with Crippen molar-refractivity contribution in [1.82, 2.24) is 15.5 Å². The van der Waals surface area contributed by atoms with Crippen molar-refractivity contribution in [1.29, 1.82) is 0 Å². The van der Waals surface area contributed by atoms with Gasteiger partial charge in [-0.3, -0.25) is 4.79 Å². The molecule has 0 bridgehead atoms. The number of carbonyl (C=O) groups is 1. The molecule has 2 aliphatic rings. The van der Waals surface area contributed by atoms with Crippen LogP contribution >= 0.6 is 0 Å². The zero-order chi connectivity index (χ0) is 16.3. The van der Waals surface area contributed by atoms with Gasteiger partial charge in [-0.05, 0) is 31.1 Å². The average Bonchev–Trinajstić information content (AvgIpc) is 3.05. The monoisotopic (exact) mass is 319 g/mol. The molecular formula is C17H25N3O3. The van der Waals surface area contributed by atoms with E-state index in [-0.39, 0.29) is 5.91 Å². The lowest BCUT2D eigenvalue weighted by Crippen LogP contribution is -2.49. The first kappa shape index (κ1) is 16.2. The van der Waals surface area contributed by atoms with Gasteiger partial charge in [0.25, 0.3) is 0 Å². The highest BCUT2D eigenvalue weighted by atomic mass is 16.5. The maximum Gasteiger partial charge on any atom is 0.244 e. The molecule has 1 N–H and O–H groups in total. The minimum Gasteiger partial charge on any atom is -0.381 e. The molecule has 0 atom stereocenters. The second-order valence-electron chi connectivity index (χ2n) is 7.41. The van der Waals surface area contributed by atoms with Crippen LogP contribution in [0.15, 0.2) is 22.6 Å². The first-order valence-electron chi connectivity index (χ1n) is 8.35. The molecular weight excluding hydrogens is 294 g/mol. The maximum atomic E-state index is 12.5. The van der Waals surface area contributed by atoms with Crippen LogP contribution in [0.3, 0.4) is 0 Å². The van der Waals surface area contributed by atoms with Crippen molar-refractivity contribution >= 4 is 5.91 Å². The third-order valence-corrected chi connectivity index (χ3v) is 5.08. The molecule has 126 valence electrons. The van der Waals surface area contributed by atoms with E-state index in [4.69, 9.17) is 9.26 Å². The van der Waals surface area contributed by atoms with E-state index in [1.807, 2.05) is 0 Å². The number of nitrogens with zero attached hydrogens (tertiary/aromatic N) is 2. The number of amides is 1. The van der Waals surface area contributed by atoms with Gasteiger partial charge in [0.05, 0.1) is 0 Å². The first-order valence-corrected chi connectivity index (χ1v) is 8.35. The molecule has 0 radical (unpaired) electrons. The van der Waals surface area contributed by atoms with Gasteiger partial charge in [0.15, 0.2) is 5.82 Å². The summed E-state index contributed by atoms with van der Waals surface area (Å²) < 4.78 is 10.3. The van der Waals surface area contributed by atoms with Crippen molar-refractivity contribution in [2.45, 2.75) is 57.9 Å². The molecule has 1 aliphatic heterocycles. The minimum absolute atomic E-state index is 0.0635. The van der Waals surface area contributed by atoms with Gasteiger partial charge in [-0.2, -0.15) is 4.98 Å². The third kappa shape index (κ3) is 3.80. The zero-order valence-corrected chi connectivity index (χ0v) is 13.9. The number of rotatable bonds is 3. The van der Waals surface area contributed by atoms with E-state index in [1.54, 1.807) is 6.08 Å². The van der Waals surface area contributed by atoms with E-state index in [0.717, 1.165) is 25.7 Å². The van der Waals surface area contributed by atoms with E-state index in [9.17, 15) is 4.79 Å². The second-order valence-corrected chi connectivity index (χ2v) is 7.41.